The summed E-state index contributed by atoms with van der Waals surface area (Å²) in [6.07, 6.45) is 3.96. The Bertz CT molecular complexity index is 547. The van der Waals surface area contributed by atoms with Gasteiger partial charge >= 0.3 is 5.97 Å². The van der Waals surface area contributed by atoms with Gasteiger partial charge in [0, 0.05) is 18.0 Å². The van der Waals surface area contributed by atoms with E-state index in [1.807, 2.05) is 30.3 Å². The Balaban J connectivity index is 1.73. The number of esters is 1. The minimum absolute atomic E-state index is 0.0548. The molecule has 2 bridgehead atoms. The number of hydrogen-bond donors (Lipinski definition) is 2. The molecule has 1 unspecified atom stereocenters. The summed E-state index contributed by atoms with van der Waals surface area (Å²) >= 11 is 0. The van der Waals surface area contributed by atoms with E-state index in [2.05, 4.69) is 12.2 Å². The van der Waals surface area contributed by atoms with Crippen LogP contribution in [0.2, 0.25) is 0 Å². The van der Waals surface area contributed by atoms with Crippen molar-refractivity contribution in [3.8, 4) is 0 Å². The van der Waals surface area contributed by atoms with Gasteiger partial charge in [0.1, 0.15) is 11.5 Å². The Labute approximate surface area is 131 Å². The van der Waals surface area contributed by atoms with Gasteiger partial charge in [0.2, 0.25) is 0 Å². The number of ether oxygens (including phenoxy) is 1. The molecule has 2 saturated heterocycles. The fourth-order valence-corrected chi connectivity index (χ4v) is 3.82. The normalized spacial score (nSPS) is 33.2. The lowest BCUT2D eigenvalue weighted by molar-refractivity contribution is -0.159. The van der Waals surface area contributed by atoms with Crippen LogP contribution in [0, 0.1) is 0 Å². The average Bonchev–Trinajstić information content (AvgIpc) is 2.80. The largest absolute Gasteiger partial charge is 0.462 e. The number of carbonyl (C=O) groups excluding carboxylic acids is 1. The molecule has 1 aromatic carbocycles. The summed E-state index contributed by atoms with van der Waals surface area (Å²) in [4.78, 5) is 12.7. The third-order valence-electron chi connectivity index (χ3n) is 5.27. The van der Waals surface area contributed by atoms with Crippen molar-refractivity contribution in [3.05, 3.63) is 35.9 Å². The predicted octanol–water partition coefficient (Wildman–Crippen LogP) is 2.15. The number of hydrogen-bond acceptors (Lipinski definition) is 4. The van der Waals surface area contributed by atoms with Crippen LogP contribution in [0.3, 0.4) is 0 Å². The monoisotopic (exact) mass is 303 g/mol. The maximum Gasteiger partial charge on any atom is 0.318 e. The van der Waals surface area contributed by atoms with Crippen LogP contribution in [0.25, 0.3) is 0 Å². The molecule has 2 aliphatic rings. The second-order valence-electron chi connectivity index (χ2n) is 7.26. The maximum absolute atomic E-state index is 12.7. The van der Waals surface area contributed by atoms with Crippen LogP contribution in [0.15, 0.2) is 30.3 Å². The number of carbonyl (C=O) groups is 1. The van der Waals surface area contributed by atoms with Crippen LogP contribution in [-0.2, 0) is 14.9 Å². The Kier molecular flexibility index (Phi) is 4.00. The molecule has 4 nitrogen and oxygen atoms in total. The summed E-state index contributed by atoms with van der Waals surface area (Å²) < 4.78 is 5.81. The van der Waals surface area contributed by atoms with E-state index < -0.39 is 5.41 Å². The van der Waals surface area contributed by atoms with Crippen molar-refractivity contribution in [2.45, 2.75) is 62.6 Å². The molecule has 4 atom stereocenters. The predicted molar refractivity (Wildman–Crippen MR) is 84.6 cm³/mol. The molecule has 120 valence electrons. The topological polar surface area (TPSA) is 58.6 Å². The fourth-order valence-electron chi connectivity index (χ4n) is 3.82. The third kappa shape index (κ3) is 2.77. The Morgan fingerprint density at radius 2 is 2.18 bits per heavy atom. The second-order valence-corrected chi connectivity index (χ2v) is 7.26. The highest BCUT2D eigenvalue weighted by Crippen LogP contribution is 2.37. The van der Waals surface area contributed by atoms with Gasteiger partial charge in [-0.1, -0.05) is 30.3 Å². The van der Waals surface area contributed by atoms with Crippen LogP contribution in [0.5, 0.6) is 0 Å². The maximum atomic E-state index is 12.7. The third-order valence-corrected chi connectivity index (χ3v) is 5.27. The van der Waals surface area contributed by atoms with E-state index in [0.717, 1.165) is 31.2 Å². The van der Waals surface area contributed by atoms with Gasteiger partial charge in [-0.25, -0.2) is 0 Å². The number of piperidine rings is 1. The molecule has 0 amide bonds. The van der Waals surface area contributed by atoms with Crippen molar-refractivity contribution >= 4 is 5.97 Å². The lowest BCUT2D eigenvalue weighted by Crippen LogP contribution is -2.51. The van der Waals surface area contributed by atoms with Gasteiger partial charge in [-0.05, 0) is 38.7 Å². The molecule has 0 spiro atoms. The van der Waals surface area contributed by atoms with Gasteiger partial charge in [-0.3, -0.25) is 4.79 Å². The average molecular weight is 303 g/mol. The Hall–Kier alpha value is -1.39. The first-order valence-corrected chi connectivity index (χ1v) is 8.10. The Morgan fingerprint density at radius 3 is 2.82 bits per heavy atom. The van der Waals surface area contributed by atoms with Crippen molar-refractivity contribution in [1.29, 1.82) is 0 Å². The van der Waals surface area contributed by atoms with Crippen molar-refractivity contribution in [1.82, 2.24) is 5.32 Å². The fraction of sp³-hybridized carbons (Fsp3) is 0.611. The molecule has 0 saturated carbocycles. The standard InChI is InChI=1S/C18H25NO3/c1-17-9-8-14(19-17)10-15(11-17)22-16(21)18(2,12-20)13-6-4-3-5-7-13/h3-7,14-15,19-20H,8-12H2,1-2H3/t14-,15+,17+,18?/m0/s1. The SMILES string of the molecule is CC(CO)(C(=O)O[C@@H]1C[C@@H]2CC[C@](C)(C1)N2)c1ccccc1. The highest BCUT2D eigenvalue weighted by atomic mass is 16.5. The number of rotatable bonds is 4. The van der Waals surface area contributed by atoms with Crippen LogP contribution in [0.1, 0.15) is 45.1 Å². The molecule has 0 radical (unpaired) electrons. The molecule has 0 aromatic heterocycles. The van der Waals surface area contributed by atoms with Gasteiger partial charge in [-0.2, -0.15) is 0 Å². The lowest BCUT2D eigenvalue weighted by atomic mass is 9.83. The molecule has 0 aliphatic carbocycles. The van der Waals surface area contributed by atoms with Gasteiger partial charge in [0.05, 0.1) is 6.61 Å². The number of fused-ring (bicyclic) bond motifs is 2. The van der Waals surface area contributed by atoms with E-state index in [1.165, 1.54) is 0 Å². The van der Waals surface area contributed by atoms with Crippen molar-refractivity contribution in [3.63, 3.8) is 0 Å². The molecule has 22 heavy (non-hydrogen) atoms. The second kappa shape index (κ2) is 5.67. The first-order chi connectivity index (χ1) is 10.5. The highest BCUT2D eigenvalue weighted by Gasteiger charge is 2.45. The van der Waals surface area contributed by atoms with Crippen molar-refractivity contribution in [2.24, 2.45) is 0 Å². The molecular weight excluding hydrogens is 278 g/mol. The zero-order valence-corrected chi connectivity index (χ0v) is 13.3. The van der Waals surface area contributed by atoms with E-state index in [-0.39, 0.29) is 24.2 Å². The molecule has 1 aromatic rings. The zero-order chi connectivity index (χ0) is 15.8. The summed E-state index contributed by atoms with van der Waals surface area (Å²) in [6.45, 7) is 3.71. The van der Waals surface area contributed by atoms with Crippen molar-refractivity contribution in [2.75, 3.05) is 6.61 Å². The van der Waals surface area contributed by atoms with E-state index >= 15 is 0 Å². The number of nitrogens with one attached hydrogen (secondary N) is 1. The minimum atomic E-state index is -0.994. The Morgan fingerprint density at radius 1 is 1.45 bits per heavy atom. The summed E-state index contributed by atoms with van der Waals surface area (Å²) in [5.41, 5.74) is -0.104. The van der Waals surface area contributed by atoms with Gasteiger partial charge in [0.15, 0.2) is 0 Å². The first-order valence-electron chi connectivity index (χ1n) is 8.10. The zero-order valence-electron chi connectivity index (χ0n) is 13.3. The minimum Gasteiger partial charge on any atom is -0.462 e. The molecule has 3 rings (SSSR count). The van der Waals surface area contributed by atoms with E-state index in [0.29, 0.717) is 6.04 Å². The van der Waals surface area contributed by atoms with Crippen molar-refractivity contribution < 1.29 is 14.6 Å². The molecular formula is C18H25NO3. The van der Waals surface area contributed by atoms with Gasteiger partial charge < -0.3 is 15.2 Å². The molecule has 2 aliphatic heterocycles. The van der Waals surface area contributed by atoms with Gasteiger partial charge in [0.25, 0.3) is 0 Å². The molecule has 2 fully saturated rings. The molecule has 4 heteroatoms. The smallest absolute Gasteiger partial charge is 0.318 e. The van der Waals surface area contributed by atoms with E-state index in [1.54, 1.807) is 6.92 Å². The number of aliphatic hydroxyl groups is 1. The quantitative estimate of drug-likeness (QED) is 0.837. The first kappa shape index (κ1) is 15.5. The van der Waals surface area contributed by atoms with E-state index in [4.69, 9.17) is 4.74 Å². The molecule has 2 heterocycles. The van der Waals surface area contributed by atoms with E-state index in [9.17, 15) is 9.90 Å². The summed E-state index contributed by atoms with van der Waals surface area (Å²) in [6, 6.07) is 9.84. The summed E-state index contributed by atoms with van der Waals surface area (Å²) in [5, 5.41) is 13.4. The lowest BCUT2D eigenvalue weighted by Gasteiger charge is -2.37. The van der Waals surface area contributed by atoms with Crippen LogP contribution in [-0.4, -0.2) is 35.4 Å². The summed E-state index contributed by atoms with van der Waals surface area (Å²) in [7, 11) is 0. The molecule has 2 N–H and O–H groups in total. The van der Waals surface area contributed by atoms with Crippen LogP contribution >= 0.6 is 0 Å². The number of aliphatic hydroxyl groups excluding tert-OH is 1. The number of benzene rings is 1. The van der Waals surface area contributed by atoms with Gasteiger partial charge in [-0.15, -0.1) is 0 Å². The van der Waals surface area contributed by atoms with Crippen LogP contribution < -0.4 is 5.32 Å². The highest BCUT2D eigenvalue weighted by molar-refractivity contribution is 5.83. The summed E-state index contributed by atoms with van der Waals surface area (Å²) in [5.74, 6) is -0.323. The van der Waals surface area contributed by atoms with Crippen LogP contribution in [0.4, 0.5) is 0 Å².